The van der Waals surface area contributed by atoms with Gasteiger partial charge in [-0.1, -0.05) is 28.1 Å². The summed E-state index contributed by atoms with van der Waals surface area (Å²) in [6.45, 7) is 0. The van der Waals surface area contributed by atoms with Gasteiger partial charge in [-0.3, -0.25) is 14.2 Å². The van der Waals surface area contributed by atoms with Crippen LogP contribution in [0, 0.1) is 0 Å². The number of amides is 1. The van der Waals surface area contributed by atoms with Crippen molar-refractivity contribution in [2.24, 2.45) is 7.05 Å². The fourth-order valence-electron chi connectivity index (χ4n) is 3.05. The fourth-order valence-corrected chi connectivity index (χ4v) is 3.42. The molecule has 0 spiro atoms. The fraction of sp³-hybridized carbons (Fsp3) is 0.105. The number of benzene rings is 2. The molecule has 0 fully saturated rings. The van der Waals surface area contributed by atoms with Crippen LogP contribution in [0.2, 0.25) is 0 Å². The summed E-state index contributed by atoms with van der Waals surface area (Å²) in [7, 11) is 3.40. The van der Waals surface area contributed by atoms with Crippen molar-refractivity contribution in [1.29, 1.82) is 0 Å². The summed E-state index contributed by atoms with van der Waals surface area (Å²) in [4.78, 5) is 31.4. The van der Waals surface area contributed by atoms with Crippen LogP contribution in [-0.4, -0.2) is 22.5 Å². The lowest BCUT2D eigenvalue weighted by Crippen LogP contribution is -2.22. The second-order valence-electron chi connectivity index (χ2n) is 5.93. The minimum Gasteiger partial charge on any atom is -0.311 e. The SMILES string of the molecule is CN1C(=O)C(=Cc2nc3ccccc3c(=O)n2C)c2cc(Br)ccc21. The average molecular weight is 396 g/mol. The topological polar surface area (TPSA) is 55.2 Å². The van der Waals surface area contributed by atoms with Crippen molar-refractivity contribution in [3.8, 4) is 0 Å². The Morgan fingerprint density at radius 2 is 1.84 bits per heavy atom. The lowest BCUT2D eigenvalue weighted by atomic mass is 10.1. The van der Waals surface area contributed by atoms with Gasteiger partial charge in [0.1, 0.15) is 5.82 Å². The van der Waals surface area contributed by atoms with Gasteiger partial charge in [-0.05, 0) is 36.4 Å². The molecule has 0 N–H and O–H groups in total. The number of hydrogen-bond acceptors (Lipinski definition) is 3. The maximum Gasteiger partial charge on any atom is 0.261 e. The summed E-state index contributed by atoms with van der Waals surface area (Å²) >= 11 is 3.45. The van der Waals surface area contributed by atoms with Crippen LogP contribution in [0.4, 0.5) is 5.69 Å². The first kappa shape index (κ1) is 15.8. The first-order valence-corrected chi connectivity index (χ1v) is 8.52. The maximum atomic E-state index is 12.7. The maximum absolute atomic E-state index is 12.7. The molecular weight excluding hydrogens is 382 g/mol. The van der Waals surface area contributed by atoms with Crippen LogP contribution in [-0.2, 0) is 11.8 Å². The Labute approximate surface area is 152 Å². The predicted octanol–water partition coefficient (Wildman–Crippen LogP) is 3.21. The van der Waals surface area contributed by atoms with Crippen LogP contribution < -0.4 is 10.5 Å². The lowest BCUT2D eigenvalue weighted by molar-refractivity contribution is -0.112. The second kappa shape index (κ2) is 5.67. The average Bonchev–Trinajstić information content (AvgIpc) is 2.84. The van der Waals surface area contributed by atoms with E-state index >= 15 is 0 Å². The smallest absolute Gasteiger partial charge is 0.261 e. The predicted molar refractivity (Wildman–Crippen MR) is 102 cm³/mol. The first-order chi connectivity index (χ1) is 12.0. The third kappa shape index (κ3) is 2.41. The van der Waals surface area contributed by atoms with Gasteiger partial charge < -0.3 is 4.90 Å². The first-order valence-electron chi connectivity index (χ1n) is 7.73. The van der Waals surface area contributed by atoms with Gasteiger partial charge in [0.05, 0.1) is 22.2 Å². The van der Waals surface area contributed by atoms with Gasteiger partial charge in [-0.2, -0.15) is 0 Å². The van der Waals surface area contributed by atoms with Gasteiger partial charge in [-0.25, -0.2) is 4.98 Å². The molecule has 1 amide bonds. The molecule has 6 heteroatoms. The van der Waals surface area contributed by atoms with Crippen molar-refractivity contribution in [3.63, 3.8) is 0 Å². The number of rotatable bonds is 1. The van der Waals surface area contributed by atoms with Gasteiger partial charge in [-0.15, -0.1) is 0 Å². The summed E-state index contributed by atoms with van der Waals surface area (Å²) in [5.74, 6) is 0.337. The van der Waals surface area contributed by atoms with Crippen molar-refractivity contribution in [3.05, 3.63) is 68.7 Å². The Morgan fingerprint density at radius 1 is 1.08 bits per heavy atom. The zero-order chi connectivity index (χ0) is 17.7. The van der Waals surface area contributed by atoms with Gasteiger partial charge in [0.15, 0.2) is 0 Å². The number of hydrogen-bond donors (Lipinski definition) is 0. The van der Waals surface area contributed by atoms with E-state index in [1.807, 2.05) is 30.3 Å². The minimum atomic E-state index is -0.134. The van der Waals surface area contributed by atoms with E-state index in [1.54, 1.807) is 37.2 Å². The van der Waals surface area contributed by atoms with E-state index in [2.05, 4.69) is 20.9 Å². The Kier molecular flexibility index (Phi) is 3.58. The molecule has 0 unspecified atom stereocenters. The molecular formula is C19H14BrN3O2. The van der Waals surface area contributed by atoms with E-state index in [0.29, 0.717) is 22.3 Å². The van der Waals surface area contributed by atoms with Crippen LogP contribution in [0.25, 0.3) is 22.6 Å². The summed E-state index contributed by atoms with van der Waals surface area (Å²) in [6, 6.07) is 12.9. The lowest BCUT2D eigenvalue weighted by Gasteiger charge is -2.08. The summed E-state index contributed by atoms with van der Waals surface area (Å²) in [5.41, 5.74) is 2.67. The third-order valence-corrected chi connectivity index (χ3v) is 4.93. The van der Waals surface area contributed by atoms with Gasteiger partial charge in [0.25, 0.3) is 11.5 Å². The highest BCUT2D eigenvalue weighted by Crippen LogP contribution is 2.38. The summed E-state index contributed by atoms with van der Waals surface area (Å²) in [5, 5.41) is 0.560. The molecule has 3 aromatic rings. The highest BCUT2D eigenvalue weighted by Gasteiger charge is 2.30. The molecule has 1 aliphatic heterocycles. The number of carbonyl (C=O) groups excluding carboxylic acids is 1. The molecule has 2 aromatic carbocycles. The van der Waals surface area contributed by atoms with Crippen molar-refractivity contribution in [2.75, 3.05) is 11.9 Å². The van der Waals surface area contributed by atoms with Gasteiger partial charge in [0, 0.05) is 24.1 Å². The van der Waals surface area contributed by atoms with Crippen LogP contribution in [0.1, 0.15) is 11.4 Å². The molecule has 2 heterocycles. The van der Waals surface area contributed by atoms with Gasteiger partial charge >= 0.3 is 0 Å². The molecule has 0 saturated heterocycles. The Hall–Kier alpha value is -2.73. The third-order valence-electron chi connectivity index (χ3n) is 4.44. The molecule has 1 aromatic heterocycles. The van der Waals surface area contributed by atoms with E-state index in [4.69, 9.17) is 0 Å². The van der Waals surface area contributed by atoms with E-state index in [-0.39, 0.29) is 11.5 Å². The van der Waals surface area contributed by atoms with E-state index in [1.165, 1.54) is 4.57 Å². The number of aromatic nitrogens is 2. The van der Waals surface area contributed by atoms with Gasteiger partial charge in [0.2, 0.25) is 0 Å². The number of fused-ring (bicyclic) bond motifs is 2. The van der Waals surface area contributed by atoms with Crippen LogP contribution in [0.15, 0.2) is 51.7 Å². The normalized spacial score (nSPS) is 15.2. The van der Waals surface area contributed by atoms with Crippen LogP contribution in [0.3, 0.4) is 0 Å². The number of anilines is 1. The number of carbonyl (C=O) groups is 1. The largest absolute Gasteiger partial charge is 0.311 e. The van der Waals surface area contributed by atoms with E-state index in [9.17, 15) is 9.59 Å². The molecule has 25 heavy (non-hydrogen) atoms. The number of likely N-dealkylation sites (N-methyl/N-ethyl adjacent to an activating group) is 1. The molecule has 0 bridgehead atoms. The molecule has 0 aliphatic carbocycles. The molecule has 1 aliphatic rings. The highest BCUT2D eigenvalue weighted by atomic mass is 79.9. The van der Waals surface area contributed by atoms with Crippen molar-refractivity contribution in [2.45, 2.75) is 0 Å². The standard InChI is InChI=1S/C19H14BrN3O2/c1-22-16-8-7-11(20)9-13(16)14(19(22)25)10-17-21-15-6-4-3-5-12(15)18(24)23(17)2/h3-10H,1-2H3. The molecule has 0 radical (unpaired) electrons. The van der Waals surface area contributed by atoms with Crippen molar-refractivity contribution < 1.29 is 4.79 Å². The molecule has 0 saturated carbocycles. The molecule has 4 rings (SSSR count). The number of halogens is 1. The van der Waals surface area contributed by atoms with E-state index in [0.717, 1.165) is 15.7 Å². The minimum absolute atomic E-state index is 0.115. The number of para-hydroxylation sites is 1. The van der Waals surface area contributed by atoms with Crippen molar-refractivity contribution in [1.82, 2.24) is 9.55 Å². The summed E-state index contributed by atoms with van der Waals surface area (Å²) in [6.07, 6.45) is 1.69. The van der Waals surface area contributed by atoms with E-state index < -0.39 is 0 Å². The zero-order valence-corrected chi connectivity index (χ0v) is 15.2. The Balaban J connectivity index is 1.97. The second-order valence-corrected chi connectivity index (χ2v) is 6.85. The van der Waals surface area contributed by atoms with Crippen LogP contribution >= 0.6 is 15.9 Å². The Morgan fingerprint density at radius 3 is 2.64 bits per heavy atom. The molecule has 5 nitrogen and oxygen atoms in total. The zero-order valence-electron chi connectivity index (χ0n) is 13.7. The van der Waals surface area contributed by atoms with Crippen LogP contribution in [0.5, 0.6) is 0 Å². The van der Waals surface area contributed by atoms with Crippen molar-refractivity contribution >= 4 is 50.1 Å². The monoisotopic (exact) mass is 395 g/mol. The molecule has 0 atom stereocenters. The summed E-state index contributed by atoms with van der Waals surface area (Å²) < 4.78 is 2.36. The quantitative estimate of drug-likeness (QED) is 0.594. The number of nitrogens with zero attached hydrogens (tertiary/aromatic N) is 3. The highest BCUT2D eigenvalue weighted by molar-refractivity contribution is 9.10. The molecule has 124 valence electrons. The Bertz CT molecular complexity index is 1130.